The zero-order chi connectivity index (χ0) is 15.7. The largest absolute Gasteiger partial charge is 0.461 e. The number of hydrogen-bond acceptors (Lipinski definition) is 4. The van der Waals surface area contributed by atoms with Gasteiger partial charge < -0.3 is 4.74 Å². The lowest BCUT2D eigenvalue weighted by molar-refractivity contribution is 0.0519. The number of benzene rings is 1. The molecule has 2 heterocycles. The summed E-state index contributed by atoms with van der Waals surface area (Å²) < 4.78 is 4.96. The maximum atomic E-state index is 11.7. The molecule has 0 N–H and O–H groups in total. The molecule has 0 aliphatic carbocycles. The zero-order valence-electron chi connectivity index (χ0n) is 11.8. The molecule has 2 aromatic rings. The number of ether oxygens (including phenoxy) is 1. The van der Waals surface area contributed by atoms with Crippen molar-refractivity contribution in [3.63, 3.8) is 0 Å². The first-order chi connectivity index (χ1) is 10.6. The van der Waals surface area contributed by atoms with E-state index in [1.165, 1.54) is 0 Å². The third-order valence-corrected chi connectivity index (χ3v) is 4.03. The van der Waals surface area contributed by atoms with Gasteiger partial charge in [0.25, 0.3) is 0 Å². The van der Waals surface area contributed by atoms with Gasteiger partial charge in [-0.05, 0) is 31.2 Å². The van der Waals surface area contributed by atoms with Crippen LogP contribution in [0.2, 0.25) is 10.0 Å². The quantitative estimate of drug-likeness (QED) is 0.799. The number of rotatable bonds is 3. The molecule has 0 radical (unpaired) electrons. The molecule has 0 atom stereocenters. The molecule has 112 valence electrons. The lowest BCUT2D eigenvalue weighted by Gasteiger charge is -2.06. The molecule has 0 fully saturated rings. The molecule has 0 bridgehead atoms. The van der Waals surface area contributed by atoms with Crippen molar-refractivity contribution in [3.05, 3.63) is 62.9 Å². The number of fused-ring (bicyclic) bond motifs is 1. The summed E-state index contributed by atoms with van der Waals surface area (Å²) in [6.45, 7) is 2.51. The minimum absolute atomic E-state index is 0.297. The van der Waals surface area contributed by atoms with Crippen molar-refractivity contribution >= 4 is 34.9 Å². The number of nitrogens with zero attached hydrogens (tertiary/aromatic N) is 2. The first-order valence-electron chi connectivity index (χ1n) is 6.77. The Morgan fingerprint density at radius 2 is 2.05 bits per heavy atom. The number of carbonyl (C=O) groups is 1. The maximum Gasteiger partial charge on any atom is 0.356 e. The number of halogens is 2. The smallest absolute Gasteiger partial charge is 0.356 e. The Hall–Kier alpha value is -1.91. The number of aromatic nitrogens is 1. The van der Waals surface area contributed by atoms with Gasteiger partial charge in [0.15, 0.2) is 0 Å². The van der Waals surface area contributed by atoms with Gasteiger partial charge in [-0.3, -0.25) is 4.99 Å². The molecular weight excluding hydrogens is 323 g/mol. The molecule has 0 amide bonds. The highest BCUT2D eigenvalue weighted by atomic mass is 35.5. The highest BCUT2D eigenvalue weighted by molar-refractivity contribution is 6.42. The van der Waals surface area contributed by atoms with Gasteiger partial charge in [-0.25, -0.2) is 9.78 Å². The molecule has 6 heteroatoms. The van der Waals surface area contributed by atoms with Gasteiger partial charge in [-0.2, -0.15) is 0 Å². The lowest BCUT2D eigenvalue weighted by Crippen LogP contribution is -2.10. The van der Waals surface area contributed by atoms with E-state index in [1.807, 2.05) is 12.1 Å². The standard InChI is InChI=1S/C16H12Cl2N2O2/c1-2-22-16(21)13-6-4-10-14(20-13)8-19-15(10)9-3-5-11(17)12(18)7-9/h3-7H,2,8H2,1H3. The first kappa shape index (κ1) is 15.0. The SMILES string of the molecule is CCOC(=O)c1ccc2c(n1)CN=C2c1ccc(Cl)c(Cl)c1. The van der Waals surface area contributed by atoms with Crippen LogP contribution in [0.15, 0.2) is 35.3 Å². The Morgan fingerprint density at radius 3 is 2.77 bits per heavy atom. The number of aliphatic imine (C=N–C) groups is 1. The van der Waals surface area contributed by atoms with E-state index in [0.717, 1.165) is 22.5 Å². The van der Waals surface area contributed by atoms with Gasteiger partial charge in [-0.15, -0.1) is 0 Å². The molecule has 4 nitrogen and oxygen atoms in total. The first-order valence-corrected chi connectivity index (χ1v) is 7.53. The van der Waals surface area contributed by atoms with Crippen molar-refractivity contribution in [3.8, 4) is 0 Å². The van der Waals surface area contributed by atoms with E-state index in [1.54, 1.807) is 25.1 Å². The van der Waals surface area contributed by atoms with Gasteiger partial charge in [0.2, 0.25) is 0 Å². The Morgan fingerprint density at radius 1 is 1.23 bits per heavy atom. The van der Waals surface area contributed by atoms with Gasteiger partial charge in [0, 0.05) is 11.1 Å². The molecule has 0 saturated heterocycles. The second-order valence-electron chi connectivity index (χ2n) is 4.70. The van der Waals surface area contributed by atoms with E-state index >= 15 is 0 Å². The fraction of sp³-hybridized carbons (Fsp3) is 0.188. The van der Waals surface area contributed by atoms with Crippen LogP contribution in [0.5, 0.6) is 0 Å². The minimum atomic E-state index is -0.423. The summed E-state index contributed by atoms with van der Waals surface area (Å²) in [5.74, 6) is -0.423. The predicted octanol–water partition coefficient (Wildman–Crippen LogP) is 3.92. The van der Waals surface area contributed by atoms with Crippen molar-refractivity contribution in [2.24, 2.45) is 4.99 Å². The molecule has 22 heavy (non-hydrogen) atoms. The summed E-state index contributed by atoms with van der Waals surface area (Å²) >= 11 is 12.0. The molecular formula is C16H12Cl2N2O2. The van der Waals surface area contributed by atoms with Gasteiger partial charge in [0.1, 0.15) is 5.69 Å². The highest BCUT2D eigenvalue weighted by Gasteiger charge is 2.21. The summed E-state index contributed by atoms with van der Waals surface area (Å²) in [6.07, 6.45) is 0. The van der Waals surface area contributed by atoms with E-state index in [2.05, 4.69) is 9.98 Å². The highest BCUT2D eigenvalue weighted by Crippen LogP contribution is 2.27. The van der Waals surface area contributed by atoms with Crippen molar-refractivity contribution < 1.29 is 9.53 Å². The summed E-state index contributed by atoms with van der Waals surface area (Å²) in [6, 6.07) is 8.86. The number of hydrogen-bond donors (Lipinski definition) is 0. The van der Waals surface area contributed by atoms with Crippen molar-refractivity contribution in [1.29, 1.82) is 0 Å². The van der Waals surface area contributed by atoms with E-state index in [-0.39, 0.29) is 0 Å². The molecule has 0 unspecified atom stereocenters. The van der Waals surface area contributed by atoms with Gasteiger partial charge in [0.05, 0.1) is 34.6 Å². The maximum absolute atomic E-state index is 11.7. The van der Waals surface area contributed by atoms with Crippen LogP contribution in [0.3, 0.4) is 0 Å². The molecule has 1 aliphatic rings. The average molecular weight is 335 g/mol. The predicted molar refractivity (Wildman–Crippen MR) is 86.0 cm³/mol. The normalized spacial score (nSPS) is 12.8. The third-order valence-electron chi connectivity index (χ3n) is 3.29. The Bertz CT molecular complexity index is 788. The fourth-order valence-electron chi connectivity index (χ4n) is 2.29. The lowest BCUT2D eigenvalue weighted by atomic mass is 10.0. The second-order valence-corrected chi connectivity index (χ2v) is 5.52. The molecule has 0 saturated carbocycles. The van der Waals surface area contributed by atoms with Crippen LogP contribution in [0, 0.1) is 0 Å². The van der Waals surface area contributed by atoms with Crippen molar-refractivity contribution in [1.82, 2.24) is 4.98 Å². The molecule has 1 aromatic carbocycles. The van der Waals surface area contributed by atoms with Crippen LogP contribution in [-0.2, 0) is 11.3 Å². The summed E-state index contributed by atoms with van der Waals surface area (Å²) in [5, 5.41) is 0.978. The number of carbonyl (C=O) groups excluding carboxylic acids is 1. The minimum Gasteiger partial charge on any atom is -0.461 e. The van der Waals surface area contributed by atoms with E-state index < -0.39 is 5.97 Å². The summed E-state index contributed by atoms with van der Waals surface area (Å²) in [5.41, 5.74) is 3.62. The van der Waals surface area contributed by atoms with Crippen LogP contribution in [0.4, 0.5) is 0 Å². The average Bonchev–Trinajstić information content (AvgIpc) is 2.93. The fourth-order valence-corrected chi connectivity index (χ4v) is 2.58. The van der Waals surface area contributed by atoms with Crippen molar-refractivity contribution in [2.75, 3.05) is 6.61 Å². The third kappa shape index (κ3) is 2.72. The van der Waals surface area contributed by atoms with E-state index in [9.17, 15) is 4.79 Å². The Labute approximate surface area is 137 Å². The topological polar surface area (TPSA) is 51.5 Å². The van der Waals surface area contributed by atoms with Crippen LogP contribution >= 0.6 is 23.2 Å². The number of esters is 1. The zero-order valence-corrected chi connectivity index (χ0v) is 13.3. The number of pyridine rings is 1. The monoisotopic (exact) mass is 334 g/mol. The van der Waals surface area contributed by atoms with Gasteiger partial charge in [-0.1, -0.05) is 29.3 Å². The van der Waals surface area contributed by atoms with Crippen LogP contribution in [0.25, 0.3) is 0 Å². The second kappa shape index (κ2) is 6.07. The van der Waals surface area contributed by atoms with Crippen LogP contribution in [0.1, 0.15) is 34.2 Å². The molecule has 1 aliphatic heterocycles. The van der Waals surface area contributed by atoms with Crippen LogP contribution in [-0.4, -0.2) is 23.3 Å². The molecule has 0 spiro atoms. The Kier molecular flexibility index (Phi) is 4.14. The van der Waals surface area contributed by atoms with E-state index in [4.69, 9.17) is 27.9 Å². The molecule has 3 rings (SSSR count). The summed E-state index contributed by atoms with van der Waals surface area (Å²) in [7, 11) is 0. The molecule has 1 aromatic heterocycles. The van der Waals surface area contributed by atoms with Gasteiger partial charge >= 0.3 is 5.97 Å². The summed E-state index contributed by atoms with van der Waals surface area (Å²) in [4.78, 5) is 20.6. The van der Waals surface area contributed by atoms with E-state index in [0.29, 0.717) is 28.9 Å². The van der Waals surface area contributed by atoms with Crippen LogP contribution < -0.4 is 0 Å². The Balaban J connectivity index is 1.94. The van der Waals surface area contributed by atoms with Crippen molar-refractivity contribution in [2.45, 2.75) is 13.5 Å².